The largest absolute Gasteiger partial charge is 0.480 e. The number of para-hydroxylation sites is 1. The van der Waals surface area contributed by atoms with E-state index in [1.165, 1.54) is 12.5 Å². The van der Waals surface area contributed by atoms with Gasteiger partial charge in [0, 0.05) is 47.6 Å². The molecule has 0 aliphatic carbocycles. The van der Waals surface area contributed by atoms with Crippen LogP contribution in [0.2, 0.25) is 0 Å². The van der Waals surface area contributed by atoms with Crippen molar-refractivity contribution in [3.05, 3.63) is 54.2 Å². The van der Waals surface area contributed by atoms with Crippen LogP contribution < -0.4 is 21.7 Å². The van der Waals surface area contributed by atoms with E-state index in [9.17, 15) is 24.3 Å². The topological polar surface area (TPSA) is 195 Å². The number of aliphatic carboxylic acids is 1. The molecule has 38 heavy (non-hydrogen) atoms. The van der Waals surface area contributed by atoms with E-state index in [1.807, 2.05) is 24.3 Å². The van der Waals surface area contributed by atoms with Gasteiger partial charge in [-0.25, -0.2) is 9.78 Å². The first-order valence-electron chi connectivity index (χ1n) is 12.1. The highest BCUT2D eigenvalue weighted by atomic mass is 32.1. The van der Waals surface area contributed by atoms with Crippen LogP contribution in [-0.2, 0) is 32.0 Å². The molecule has 13 heteroatoms. The molecule has 204 valence electrons. The van der Waals surface area contributed by atoms with Crippen molar-refractivity contribution in [2.75, 3.05) is 5.75 Å². The molecule has 0 aliphatic rings. The summed E-state index contributed by atoms with van der Waals surface area (Å²) in [4.78, 5) is 61.0. The molecule has 12 nitrogen and oxygen atoms in total. The number of carbonyl (C=O) groups is 4. The minimum Gasteiger partial charge on any atom is -0.480 e. The Morgan fingerprint density at radius 3 is 2.29 bits per heavy atom. The van der Waals surface area contributed by atoms with Gasteiger partial charge in [0.1, 0.15) is 18.1 Å². The molecule has 4 atom stereocenters. The molecule has 3 amide bonds. The molecule has 0 aliphatic heterocycles. The Kier molecular flexibility index (Phi) is 9.91. The predicted molar refractivity (Wildman–Crippen MR) is 144 cm³/mol. The standard InChI is InChI=1S/C25H33N7O5S/c1-13(2)21(25(36)37)32-24(35)19(7-14-9-28-18-6-4-3-5-16(14)18)31-23(34)20(8-15-10-27-12-29-15)30-22(33)17(26)11-38/h3-6,9-10,12-13,17,19-21,28,38H,7-8,11,26H2,1-2H3,(H,27,29)(H,30,33)(H,31,34)(H,32,35)(H,36,37). The second-order valence-electron chi connectivity index (χ2n) is 9.32. The molecule has 3 rings (SSSR count). The van der Waals surface area contributed by atoms with Crippen LogP contribution in [0.3, 0.4) is 0 Å². The molecule has 8 N–H and O–H groups in total. The van der Waals surface area contributed by atoms with Crippen LogP contribution in [0.1, 0.15) is 25.1 Å². The maximum Gasteiger partial charge on any atom is 0.326 e. The number of rotatable bonds is 13. The van der Waals surface area contributed by atoms with Gasteiger partial charge in [0.2, 0.25) is 17.7 Å². The number of imidazole rings is 1. The normalized spacial score (nSPS) is 14.4. The molecule has 0 saturated heterocycles. The zero-order valence-corrected chi connectivity index (χ0v) is 22.0. The van der Waals surface area contributed by atoms with E-state index in [2.05, 4.69) is 43.5 Å². The molecule has 0 spiro atoms. The number of aromatic nitrogens is 3. The summed E-state index contributed by atoms with van der Waals surface area (Å²) in [6.45, 7) is 3.35. The highest BCUT2D eigenvalue weighted by Gasteiger charge is 2.32. The van der Waals surface area contributed by atoms with E-state index in [0.29, 0.717) is 5.69 Å². The highest BCUT2D eigenvalue weighted by Crippen LogP contribution is 2.19. The summed E-state index contributed by atoms with van der Waals surface area (Å²) >= 11 is 4.04. The van der Waals surface area contributed by atoms with Crippen LogP contribution in [0.4, 0.5) is 0 Å². The monoisotopic (exact) mass is 543 g/mol. The minimum atomic E-state index is -1.18. The first-order chi connectivity index (χ1) is 18.1. The van der Waals surface area contributed by atoms with Crippen LogP contribution in [0.15, 0.2) is 43.0 Å². The van der Waals surface area contributed by atoms with E-state index >= 15 is 0 Å². The van der Waals surface area contributed by atoms with Gasteiger partial charge in [-0.2, -0.15) is 12.6 Å². The third kappa shape index (κ3) is 7.35. The van der Waals surface area contributed by atoms with Crippen molar-refractivity contribution in [1.29, 1.82) is 0 Å². The number of hydrogen-bond donors (Lipinski definition) is 8. The number of carbonyl (C=O) groups excluding carboxylic acids is 3. The Hall–Kier alpha value is -3.84. The number of amides is 3. The summed E-state index contributed by atoms with van der Waals surface area (Å²) in [5.74, 6) is -3.39. The average Bonchev–Trinajstić information content (AvgIpc) is 3.55. The van der Waals surface area contributed by atoms with Gasteiger partial charge in [-0.15, -0.1) is 0 Å². The lowest BCUT2D eigenvalue weighted by Crippen LogP contribution is -2.58. The lowest BCUT2D eigenvalue weighted by molar-refractivity contribution is -0.143. The number of thiol groups is 1. The maximum atomic E-state index is 13.5. The number of nitrogens with one attached hydrogen (secondary N) is 5. The van der Waals surface area contributed by atoms with E-state index in [4.69, 9.17) is 5.73 Å². The van der Waals surface area contributed by atoms with Crippen molar-refractivity contribution in [3.63, 3.8) is 0 Å². The number of hydrogen-bond acceptors (Lipinski definition) is 7. The van der Waals surface area contributed by atoms with E-state index in [0.717, 1.165) is 16.5 Å². The van der Waals surface area contributed by atoms with Gasteiger partial charge in [-0.3, -0.25) is 14.4 Å². The summed E-state index contributed by atoms with van der Waals surface area (Å²) in [6, 6.07) is 3.16. The minimum absolute atomic E-state index is 0.0576. The molecule has 2 heterocycles. The number of benzene rings is 1. The third-order valence-corrected chi connectivity index (χ3v) is 6.50. The van der Waals surface area contributed by atoms with Crippen LogP contribution in [0.5, 0.6) is 0 Å². The third-order valence-electron chi connectivity index (χ3n) is 6.11. The van der Waals surface area contributed by atoms with E-state index in [1.54, 1.807) is 20.0 Å². The Morgan fingerprint density at radius 2 is 1.66 bits per heavy atom. The number of carboxylic acid groups (broad SMARTS) is 1. The predicted octanol–water partition coefficient (Wildman–Crippen LogP) is 0.128. The number of nitrogens with two attached hydrogens (primary N) is 1. The fraction of sp³-hybridized carbons (Fsp3) is 0.400. The van der Waals surface area contributed by atoms with Crippen molar-refractivity contribution >= 4 is 47.2 Å². The van der Waals surface area contributed by atoms with Gasteiger partial charge >= 0.3 is 5.97 Å². The number of fused-ring (bicyclic) bond motifs is 1. The van der Waals surface area contributed by atoms with Gasteiger partial charge in [0.15, 0.2) is 0 Å². The van der Waals surface area contributed by atoms with E-state index < -0.39 is 53.8 Å². The summed E-state index contributed by atoms with van der Waals surface area (Å²) < 4.78 is 0. The molecule has 0 bridgehead atoms. The molecule has 0 radical (unpaired) electrons. The van der Waals surface area contributed by atoms with Gasteiger partial charge in [-0.1, -0.05) is 32.0 Å². The molecular weight excluding hydrogens is 510 g/mol. The first kappa shape index (κ1) is 28.7. The zero-order chi connectivity index (χ0) is 27.8. The number of H-pyrrole nitrogens is 2. The van der Waals surface area contributed by atoms with Crippen LogP contribution in [-0.4, -0.2) is 73.7 Å². The smallest absolute Gasteiger partial charge is 0.326 e. The second kappa shape index (κ2) is 13.1. The first-order valence-corrected chi connectivity index (χ1v) is 12.8. The summed E-state index contributed by atoms with van der Waals surface area (Å²) in [6.07, 6.45) is 4.83. The van der Waals surface area contributed by atoms with Crippen LogP contribution >= 0.6 is 12.6 Å². The van der Waals surface area contributed by atoms with Crippen molar-refractivity contribution < 1.29 is 24.3 Å². The van der Waals surface area contributed by atoms with Gasteiger partial charge in [0.05, 0.1) is 12.4 Å². The van der Waals surface area contributed by atoms with Gasteiger partial charge in [0.25, 0.3) is 0 Å². The van der Waals surface area contributed by atoms with Crippen molar-refractivity contribution in [1.82, 2.24) is 30.9 Å². The summed E-state index contributed by atoms with van der Waals surface area (Å²) in [7, 11) is 0. The summed E-state index contributed by atoms with van der Waals surface area (Å²) in [5, 5.41) is 18.3. The van der Waals surface area contributed by atoms with Crippen LogP contribution in [0.25, 0.3) is 10.9 Å². The van der Waals surface area contributed by atoms with Crippen molar-refractivity contribution in [2.45, 2.75) is 50.9 Å². The number of carboxylic acids is 1. The lowest BCUT2D eigenvalue weighted by atomic mass is 10.0. The molecule has 0 fully saturated rings. The Morgan fingerprint density at radius 1 is 1.00 bits per heavy atom. The average molecular weight is 544 g/mol. The van der Waals surface area contributed by atoms with Crippen LogP contribution in [0, 0.1) is 5.92 Å². The van der Waals surface area contributed by atoms with Crippen molar-refractivity contribution in [3.8, 4) is 0 Å². The fourth-order valence-electron chi connectivity index (χ4n) is 3.96. The quantitative estimate of drug-likeness (QED) is 0.140. The molecular formula is C25H33N7O5S. The SMILES string of the molecule is CC(C)C(NC(=O)C(Cc1c[nH]c2ccccc12)NC(=O)C(Cc1cnc[nH]1)NC(=O)C(N)CS)C(=O)O. The van der Waals surface area contributed by atoms with Gasteiger partial charge < -0.3 is 36.8 Å². The molecule has 1 aromatic carbocycles. The second-order valence-corrected chi connectivity index (χ2v) is 9.69. The Bertz CT molecular complexity index is 1260. The molecule has 3 aromatic rings. The highest BCUT2D eigenvalue weighted by molar-refractivity contribution is 7.80. The fourth-order valence-corrected chi connectivity index (χ4v) is 4.12. The van der Waals surface area contributed by atoms with E-state index in [-0.39, 0.29) is 18.6 Å². The Labute approximate surface area is 225 Å². The molecule has 4 unspecified atom stereocenters. The Balaban J connectivity index is 1.88. The molecule has 2 aromatic heterocycles. The van der Waals surface area contributed by atoms with Crippen molar-refractivity contribution in [2.24, 2.45) is 11.7 Å². The van der Waals surface area contributed by atoms with Gasteiger partial charge in [-0.05, 0) is 17.5 Å². The number of aromatic amines is 2. The zero-order valence-electron chi connectivity index (χ0n) is 21.1. The molecule has 0 saturated carbocycles. The lowest BCUT2D eigenvalue weighted by Gasteiger charge is -2.26. The number of nitrogens with zero attached hydrogens (tertiary/aromatic N) is 1. The maximum absolute atomic E-state index is 13.5. The summed E-state index contributed by atoms with van der Waals surface area (Å²) in [5.41, 5.74) is 7.96.